The highest BCUT2D eigenvalue weighted by Crippen LogP contribution is 2.30. The van der Waals surface area contributed by atoms with Crippen LogP contribution < -0.4 is 11.1 Å². The molecule has 0 unspecified atom stereocenters. The molecule has 1 saturated carbocycles. The minimum atomic E-state index is -0.370. The molecular formula is C14H27ClN2O2. The monoisotopic (exact) mass is 290 g/mol. The van der Waals surface area contributed by atoms with E-state index in [-0.39, 0.29) is 23.7 Å². The van der Waals surface area contributed by atoms with Crippen molar-refractivity contribution >= 4 is 18.3 Å². The Bertz CT molecular complexity index is 273. The van der Waals surface area contributed by atoms with Crippen LogP contribution in [0.4, 0.5) is 0 Å². The molecule has 1 heterocycles. The Hall–Kier alpha value is -0.320. The van der Waals surface area contributed by atoms with Crippen LogP contribution in [0, 0.1) is 5.41 Å². The molecule has 0 aromatic rings. The number of ether oxygens (including phenoxy) is 1. The van der Waals surface area contributed by atoms with Crippen LogP contribution in [0.2, 0.25) is 0 Å². The standard InChI is InChI=1S/C14H26N2O2.ClH/c15-11-14(7-9-18-10-8-14)13(17)16-12-5-3-1-2-4-6-12;/h12H,1-11,15H2,(H,16,17);1H. The first-order chi connectivity index (χ1) is 8.77. The summed E-state index contributed by atoms with van der Waals surface area (Å²) in [7, 11) is 0. The van der Waals surface area contributed by atoms with Crippen molar-refractivity contribution in [1.29, 1.82) is 0 Å². The lowest BCUT2D eigenvalue weighted by Crippen LogP contribution is -2.51. The van der Waals surface area contributed by atoms with E-state index in [4.69, 9.17) is 10.5 Å². The third-order valence-corrected chi connectivity index (χ3v) is 4.51. The van der Waals surface area contributed by atoms with Crippen molar-refractivity contribution in [2.24, 2.45) is 11.1 Å². The van der Waals surface area contributed by atoms with Crippen LogP contribution in [0.3, 0.4) is 0 Å². The van der Waals surface area contributed by atoms with Gasteiger partial charge in [0.05, 0.1) is 5.41 Å². The molecule has 5 heteroatoms. The maximum atomic E-state index is 12.5. The van der Waals surface area contributed by atoms with Gasteiger partial charge in [0, 0.05) is 25.8 Å². The van der Waals surface area contributed by atoms with Crippen LogP contribution in [0.1, 0.15) is 51.4 Å². The Morgan fingerprint density at radius 3 is 2.26 bits per heavy atom. The number of halogens is 1. The van der Waals surface area contributed by atoms with E-state index >= 15 is 0 Å². The van der Waals surface area contributed by atoms with Crippen LogP contribution in [0.15, 0.2) is 0 Å². The molecule has 0 aromatic carbocycles. The number of nitrogens with one attached hydrogen (secondary N) is 1. The Labute approximate surface area is 122 Å². The number of carbonyl (C=O) groups excluding carboxylic acids is 1. The Morgan fingerprint density at radius 2 is 1.74 bits per heavy atom. The molecule has 0 radical (unpaired) electrons. The fourth-order valence-electron chi connectivity index (χ4n) is 3.05. The molecule has 1 aliphatic carbocycles. The summed E-state index contributed by atoms with van der Waals surface area (Å²) in [4.78, 5) is 12.5. The fraction of sp³-hybridized carbons (Fsp3) is 0.929. The second-order valence-electron chi connectivity index (χ2n) is 5.76. The number of rotatable bonds is 3. The Balaban J connectivity index is 0.00000180. The maximum absolute atomic E-state index is 12.5. The zero-order chi connectivity index (χ0) is 12.8. The highest BCUT2D eigenvalue weighted by Gasteiger charge is 2.39. The summed E-state index contributed by atoms with van der Waals surface area (Å²) in [5.74, 6) is 0.167. The predicted molar refractivity (Wildman–Crippen MR) is 78.4 cm³/mol. The Kier molecular flexibility index (Phi) is 7.11. The van der Waals surface area contributed by atoms with Gasteiger partial charge in [-0.2, -0.15) is 0 Å². The van der Waals surface area contributed by atoms with Crippen molar-refractivity contribution in [3.8, 4) is 0 Å². The van der Waals surface area contributed by atoms with Crippen LogP contribution >= 0.6 is 12.4 Å². The fourth-order valence-corrected chi connectivity index (χ4v) is 3.05. The molecule has 0 aromatic heterocycles. The van der Waals surface area contributed by atoms with E-state index < -0.39 is 0 Å². The van der Waals surface area contributed by atoms with Gasteiger partial charge < -0.3 is 15.8 Å². The third-order valence-electron chi connectivity index (χ3n) is 4.51. The SMILES string of the molecule is Cl.NCC1(C(=O)NC2CCCCCC2)CCOCC1. The molecule has 4 nitrogen and oxygen atoms in total. The van der Waals surface area contributed by atoms with Crippen LogP contribution in [0.5, 0.6) is 0 Å². The number of amides is 1. The zero-order valence-electron chi connectivity index (χ0n) is 11.7. The average Bonchev–Trinajstić information content (AvgIpc) is 2.68. The van der Waals surface area contributed by atoms with Crippen LogP contribution in [0.25, 0.3) is 0 Å². The first kappa shape index (κ1) is 16.7. The summed E-state index contributed by atoms with van der Waals surface area (Å²) in [6.07, 6.45) is 8.88. The lowest BCUT2D eigenvalue weighted by Gasteiger charge is -2.35. The zero-order valence-corrected chi connectivity index (χ0v) is 12.5. The third kappa shape index (κ3) is 4.33. The van der Waals surface area contributed by atoms with Gasteiger partial charge in [0.25, 0.3) is 0 Å². The van der Waals surface area contributed by atoms with Gasteiger partial charge >= 0.3 is 0 Å². The van der Waals surface area contributed by atoms with Gasteiger partial charge in [-0.25, -0.2) is 0 Å². The van der Waals surface area contributed by atoms with Gasteiger partial charge in [-0.1, -0.05) is 25.7 Å². The van der Waals surface area contributed by atoms with Crippen molar-refractivity contribution in [2.45, 2.75) is 57.4 Å². The predicted octanol–water partition coefficient (Wildman–Crippen LogP) is 2.00. The molecule has 0 bridgehead atoms. The van der Waals surface area contributed by atoms with Crippen molar-refractivity contribution in [1.82, 2.24) is 5.32 Å². The average molecular weight is 291 g/mol. The van der Waals surface area contributed by atoms with Gasteiger partial charge in [-0.3, -0.25) is 4.79 Å². The van der Waals surface area contributed by atoms with Crippen molar-refractivity contribution < 1.29 is 9.53 Å². The molecule has 0 spiro atoms. The molecular weight excluding hydrogens is 264 g/mol. The minimum Gasteiger partial charge on any atom is -0.381 e. The second kappa shape index (κ2) is 8.08. The number of hydrogen-bond acceptors (Lipinski definition) is 3. The van der Waals surface area contributed by atoms with Gasteiger partial charge in [-0.05, 0) is 25.7 Å². The second-order valence-corrected chi connectivity index (χ2v) is 5.76. The maximum Gasteiger partial charge on any atom is 0.227 e. The van der Waals surface area contributed by atoms with E-state index in [2.05, 4.69) is 5.32 Å². The Morgan fingerprint density at radius 1 is 1.16 bits per heavy atom. The molecule has 2 fully saturated rings. The summed E-state index contributed by atoms with van der Waals surface area (Å²) in [6.45, 7) is 1.76. The summed E-state index contributed by atoms with van der Waals surface area (Å²) in [6, 6.07) is 0.367. The molecule has 1 aliphatic heterocycles. The van der Waals surface area contributed by atoms with Gasteiger partial charge in [0.1, 0.15) is 0 Å². The smallest absolute Gasteiger partial charge is 0.227 e. The van der Waals surface area contributed by atoms with E-state index in [0.29, 0.717) is 25.8 Å². The molecule has 2 rings (SSSR count). The van der Waals surface area contributed by atoms with E-state index in [1.807, 2.05) is 0 Å². The summed E-state index contributed by atoms with van der Waals surface area (Å²) in [5.41, 5.74) is 5.49. The molecule has 112 valence electrons. The van der Waals surface area contributed by atoms with Gasteiger partial charge in [-0.15, -0.1) is 12.4 Å². The topological polar surface area (TPSA) is 64.4 Å². The lowest BCUT2D eigenvalue weighted by atomic mass is 9.79. The van der Waals surface area contributed by atoms with Gasteiger partial charge in [0.2, 0.25) is 5.91 Å². The summed E-state index contributed by atoms with van der Waals surface area (Å²) in [5, 5.41) is 3.25. The number of carbonyl (C=O) groups is 1. The first-order valence-electron chi connectivity index (χ1n) is 7.36. The highest BCUT2D eigenvalue weighted by atomic mass is 35.5. The molecule has 3 N–H and O–H groups in total. The number of nitrogens with two attached hydrogens (primary N) is 1. The van der Waals surface area contributed by atoms with Crippen molar-refractivity contribution in [3.05, 3.63) is 0 Å². The molecule has 0 atom stereocenters. The molecule has 2 aliphatic rings. The quantitative estimate of drug-likeness (QED) is 0.782. The summed E-state index contributed by atoms with van der Waals surface area (Å²) >= 11 is 0. The molecule has 1 saturated heterocycles. The van der Waals surface area contributed by atoms with E-state index in [1.165, 1.54) is 25.7 Å². The van der Waals surface area contributed by atoms with Gasteiger partial charge in [0.15, 0.2) is 0 Å². The van der Waals surface area contributed by atoms with Crippen LogP contribution in [-0.4, -0.2) is 31.7 Å². The highest BCUT2D eigenvalue weighted by molar-refractivity contribution is 5.85. The molecule has 1 amide bonds. The van der Waals surface area contributed by atoms with Crippen LogP contribution in [-0.2, 0) is 9.53 Å². The largest absolute Gasteiger partial charge is 0.381 e. The van der Waals surface area contributed by atoms with E-state index in [1.54, 1.807) is 0 Å². The van der Waals surface area contributed by atoms with Crippen molar-refractivity contribution in [2.75, 3.05) is 19.8 Å². The normalized spacial score (nSPS) is 24.1. The first-order valence-corrected chi connectivity index (χ1v) is 7.36. The molecule has 19 heavy (non-hydrogen) atoms. The van der Waals surface area contributed by atoms with Crippen molar-refractivity contribution in [3.63, 3.8) is 0 Å². The number of hydrogen-bond donors (Lipinski definition) is 2. The lowest BCUT2D eigenvalue weighted by molar-refractivity contribution is -0.136. The minimum absolute atomic E-state index is 0. The van der Waals surface area contributed by atoms with E-state index in [9.17, 15) is 4.79 Å². The summed E-state index contributed by atoms with van der Waals surface area (Å²) < 4.78 is 5.35. The van der Waals surface area contributed by atoms with E-state index in [0.717, 1.165) is 25.7 Å².